The summed E-state index contributed by atoms with van der Waals surface area (Å²) in [5.41, 5.74) is 5.23. The summed E-state index contributed by atoms with van der Waals surface area (Å²) in [4.78, 5) is 4.35. The van der Waals surface area contributed by atoms with Crippen LogP contribution in [0.1, 0.15) is 56.2 Å². The topological polar surface area (TPSA) is 24.4 Å². The zero-order chi connectivity index (χ0) is 12.4. The third-order valence-corrected chi connectivity index (χ3v) is 3.19. The fraction of sp³-hybridized carbons (Fsp3) is 0.467. The molecule has 0 aromatic heterocycles. The van der Waals surface area contributed by atoms with Crippen LogP contribution in [-0.2, 0) is 0 Å². The molecule has 0 bridgehead atoms. The van der Waals surface area contributed by atoms with E-state index in [2.05, 4.69) is 62.9 Å². The lowest BCUT2D eigenvalue weighted by Gasteiger charge is -2.19. The van der Waals surface area contributed by atoms with Crippen LogP contribution in [0.3, 0.4) is 0 Å². The Morgan fingerprint density at radius 2 is 1.71 bits per heavy atom. The standard InChI is InChI=1S/C15H20N2/c1-10(2)12-6-5-7-13(11(3)4)15(12)14-8-16-9-17-14/h5-7,10-11,16H,8H2,1-4H3. The second-order valence-electron chi connectivity index (χ2n) is 5.14. The van der Waals surface area contributed by atoms with E-state index in [4.69, 9.17) is 0 Å². The highest BCUT2D eigenvalue weighted by Crippen LogP contribution is 2.28. The van der Waals surface area contributed by atoms with Gasteiger partial charge in [-0.1, -0.05) is 45.9 Å². The highest BCUT2D eigenvalue weighted by Gasteiger charge is 2.20. The molecule has 0 saturated heterocycles. The predicted octanol–water partition coefficient (Wildman–Crippen LogP) is 3.32. The van der Waals surface area contributed by atoms with Crippen LogP contribution in [-0.4, -0.2) is 12.3 Å². The van der Waals surface area contributed by atoms with Gasteiger partial charge in [0.1, 0.15) is 0 Å². The number of hydrogen-bond acceptors (Lipinski definition) is 2. The Bertz CT molecular complexity index is 404. The van der Waals surface area contributed by atoms with Gasteiger partial charge in [0.25, 0.3) is 0 Å². The summed E-state index contributed by atoms with van der Waals surface area (Å²) in [6.07, 6.45) is 0. The maximum atomic E-state index is 4.35. The summed E-state index contributed by atoms with van der Waals surface area (Å²) in [7, 11) is 0. The minimum atomic E-state index is 0.520. The molecule has 1 heterocycles. The van der Waals surface area contributed by atoms with Crippen molar-refractivity contribution < 1.29 is 0 Å². The molecule has 2 radical (unpaired) electrons. The molecule has 1 aromatic rings. The fourth-order valence-electron chi connectivity index (χ4n) is 2.30. The van der Waals surface area contributed by atoms with E-state index in [0.29, 0.717) is 11.8 Å². The summed E-state index contributed by atoms with van der Waals surface area (Å²) in [5, 5.41) is 3.05. The first kappa shape index (κ1) is 12.3. The van der Waals surface area contributed by atoms with Gasteiger partial charge in [-0.2, -0.15) is 0 Å². The molecule has 0 saturated carbocycles. The first-order valence-electron chi connectivity index (χ1n) is 6.29. The maximum Gasteiger partial charge on any atom is 0.196 e. The van der Waals surface area contributed by atoms with E-state index in [1.807, 2.05) is 0 Å². The number of nitrogens with one attached hydrogen (secondary N) is 1. The van der Waals surface area contributed by atoms with Crippen LogP contribution in [0.4, 0.5) is 0 Å². The Hall–Kier alpha value is -1.15. The molecular formula is C15H20N2. The Kier molecular flexibility index (Phi) is 3.63. The van der Waals surface area contributed by atoms with Gasteiger partial charge in [0, 0.05) is 12.1 Å². The third kappa shape index (κ3) is 2.42. The van der Waals surface area contributed by atoms with E-state index in [1.54, 1.807) is 0 Å². The number of benzene rings is 1. The van der Waals surface area contributed by atoms with Gasteiger partial charge in [-0.25, -0.2) is 0 Å². The average molecular weight is 228 g/mol. The van der Waals surface area contributed by atoms with Crippen molar-refractivity contribution in [3.05, 3.63) is 41.6 Å². The van der Waals surface area contributed by atoms with Crippen LogP contribution in [0.25, 0.3) is 0 Å². The molecule has 1 aliphatic rings. The minimum Gasteiger partial charge on any atom is -0.281 e. The third-order valence-electron chi connectivity index (χ3n) is 3.19. The number of hydrogen-bond donors (Lipinski definition) is 1. The monoisotopic (exact) mass is 228 g/mol. The smallest absolute Gasteiger partial charge is 0.196 e. The first-order chi connectivity index (χ1) is 8.11. The molecule has 0 fully saturated rings. The highest BCUT2D eigenvalue weighted by molar-refractivity contribution is 6.06. The quantitative estimate of drug-likeness (QED) is 0.843. The fourth-order valence-corrected chi connectivity index (χ4v) is 2.30. The Labute approximate surface area is 104 Å². The maximum absolute atomic E-state index is 4.35. The van der Waals surface area contributed by atoms with Gasteiger partial charge in [-0.15, -0.1) is 0 Å². The van der Waals surface area contributed by atoms with Crippen LogP contribution < -0.4 is 5.32 Å². The Morgan fingerprint density at radius 3 is 2.12 bits per heavy atom. The second-order valence-corrected chi connectivity index (χ2v) is 5.14. The number of rotatable bonds is 3. The lowest BCUT2D eigenvalue weighted by Crippen LogP contribution is -2.17. The van der Waals surface area contributed by atoms with Crippen LogP contribution in [0, 0.1) is 6.67 Å². The van der Waals surface area contributed by atoms with Gasteiger partial charge in [-0.05, 0) is 23.0 Å². The molecule has 0 unspecified atom stereocenters. The van der Waals surface area contributed by atoms with Crippen LogP contribution in [0.5, 0.6) is 0 Å². The minimum absolute atomic E-state index is 0.520. The molecule has 0 spiro atoms. The van der Waals surface area contributed by atoms with Crippen LogP contribution in [0.2, 0.25) is 0 Å². The van der Waals surface area contributed by atoms with E-state index in [1.165, 1.54) is 16.7 Å². The SMILES string of the molecule is CC(C)c1cccc(C(C)C)c1C1=N[C]NC1. The van der Waals surface area contributed by atoms with Crippen molar-refractivity contribution in [3.8, 4) is 0 Å². The van der Waals surface area contributed by atoms with Gasteiger partial charge < -0.3 is 0 Å². The van der Waals surface area contributed by atoms with Gasteiger partial charge in [0.05, 0.1) is 5.71 Å². The van der Waals surface area contributed by atoms with E-state index in [-0.39, 0.29) is 0 Å². The molecule has 2 heteroatoms. The summed E-state index contributed by atoms with van der Waals surface area (Å²) in [5.74, 6) is 1.04. The zero-order valence-electron chi connectivity index (χ0n) is 11.0. The summed E-state index contributed by atoms with van der Waals surface area (Å²) >= 11 is 0. The summed E-state index contributed by atoms with van der Waals surface area (Å²) in [6.45, 7) is 12.6. The molecule has 1 aliphatic heterocycles. The highest BCUT2D eigenvalue weighted by atomic mass is 15.1. The lowest BCUT2D eigenvalue weighted by atomic mass is 9.86. The largest absolute Gasteiger partial charge is 0.281 e. The van der Waals surface area contributed by atoms with Crippen LogP contribution in [0.15, 0.2) is 23.2 Å². The average Bonchev–Trinajstić information content (AvgIpc) is 2.80. The molecular weight excluding hydrogens is 208 g/mol. The predicted molar refractivity (Wildman–Crippen MR) is 72.4 cm³/mol. The van der Waals surface area contributed by atoms with Crippen LogP contribution >= 0.6 is 0 Å². The number of nitrogens with zero attached hydrogens (tertiary/aromatic N) is 1. The van der Waals surface area contributed by atoms with Crippen molar-refractivity contribution >= 4 is 5.71 Å². The molecule has 1 aromatic carbocycles. The molecule has 1 N–H and O–H groups in total. The van der Waals surface area contributed by atoms with Gasteiger partial charge >= 0.3 is 0 Å². The molecule has 2 nitrogen and oxygen atoms in total. The number of aliphatic imine (C=N–C) groups is 1. The van der Waals surface area contributed by atoms with Gasteiger partial charge in [-0.3, -0.25) is 10.3 Å². The van der Waals surface area contributed by atoms with Gasteiger partial charge in [0.2, 0.25) is 0 Å². The Morgan fingerprint density at radius 1 is 1.12 bits per heavy atom. The van der Waals surface area contributed by atoms with E-state index in [9.17, 15) is 0 Å². The zero-order valence-corrected chi connectivity index (χ0v) is 11.0. The molecule has 0 atom stereocenters. The first-order valence-corrected chi connectivity index (χ1v) is 6.29. The van der Waals surface area contributed by atoms with E-state index >= 15 is 0 Å². The van der Waals surface area contributed by atoms with Gasteiger partial charge in [0.15, 0.2) is 6.67 Å². The van der Waals surface area contributed by atoms with Crippen molar-refractivity contribution in [1.29, 1.82) is 0 Å². The second kappa shape index (κ2) is 5.01. The summed E-state index contributed by atoms with van der Waals surface area (Å²) in [6, 6.07) is 6.59. The molecule has 2 rings (SSSR count). The van der Waals surface area contributed by atoms with E-state index in [0.717, 1.165) is 12.3 Å². The summed E-state index contributed by atoms with van der Waals surface area (Å²) < 4.78 is 0. The molecule has 90 valence electrons. The Balaban J connectivity index is 2.57. The van der Waals surface area contributed by atoms with Crippen molar-refractivity contribution in [1.82, 2.24) is 5.32 Å². The van der Waals surface area contributed by atoms with Crippen molar-refractivity contribution in [2.75, 3.05) is 6.54 Å². The van der Waals surface area contributed by atoms with Crippen molar-refractivity contribution in [3.63, 3.8) is 0 Å². The lowest BCUT2D eigenvalue weighted by molar-refractivity contribution is 0.828. The molecule has 0 amide bonds. The van der Waals surface area contributed by atoms with Crippen molar-refractivity contribution in [2.24, 2.45) is 4.99 Å². The molecule has 0 aliphatic carbocycles. The normalized spacial score (nSPS) is 15.8. The molecule has 17 heavy (non-hydrogen) atoms. The van der Waals surface area contributed by atoms with Crippen molar-refractivity contribution in [2.45, 2.75) is 39.5 Å². The van der Waals surface area contributed by atoms with E-state index < -0.39 is 0 Å².